The van der Waals surface area contributed by atoms with Gasteiger partial charge in [-0.05, 0) is 6.42 Å². The van der Waals surface area contributed by atoms with Gasteiger partial charge in [-0.25, -0.2) is 4.79 Å². The topological polar surface area (TPSA) is 49.4 Å². The molecule has 0 aromatic carbocycles. The second-order valence-electron chi connectivity index (χ2n) is 3.23. The number of nitrogens with one attached hydrogen (secondary N) is 1. The third-order valence-electron chi connectivity index (χ3n) is 2.15. The molecular formula is C9H16N2O2. The zero-order chi connectivity index (χ0) is 9.68. The van der Waals surface area contributed by atoms with Crippen LogP contribution in [-0.2, 0) is 4.79 Å². The summed E-state index contributed by atoms with van der Waals surface area (Å²) in [6, 6.07) is -0.229. The van der Waals surface area contributed by atoms with Crippen molar-refractivity contribution in [1.82, 2.24) is 10.2 Å². The monoisotopic (exact) mass is 184 g/mol. The number of urea groups is 1. The molecule has 0 aromatic heterocycles. The third-order valence-corrected chi connectivity index (χ3v) is 2.15. The Balaban J connectivity index is 2.35. The van der Waals surface area contributed by atoms with Gasteiger partial charge in [0.1, 0.15) is 0 Å². The summed E-state index contributed by atoms with van der Waals surface area (Å²) >= 11 is 0. The van der Waals surface area contributed by atoms with Gasteiger partial charge in [0.15, 0.2) is 0 Å². The summed E-state index contributed by atoms with van der Waals surface area (Å²) in [6.45, 7) is 3.15. The van der Waals surface area contributed by atoms with Crippen LogP contribution in [0.4, 0.5) is 4.79 Å². The Labute approximate surface area is 78.3 Å². The van der Waals surface area contributed by atoms with Gasteiger partial charge < -0.3 is 5.32 Å². The molecular weight excluding hydrogens is 168 g/mol. The highest BCUT2D eigenvalue weighted by Gasteiger charge is 2.24. The standard InChI is InChI=1S/C9H16N2O2/c1-2-3-4-7-11-8(12)5-6-10-9(11)13/h2-7H2,1H3,(H,10,13). The largest absolute Gasteiger partial charge is 0.337 e. The quantitative estimate of drug-likeness (QED) is 0.665. The van der Waals surface area contributed by atoms with E-state index in [0.29, 0.717) is 19.5 Å². The van der Waals surface area contributed by atoms with Crippen LogP contribution in [0, 0.1) is 0 Å². The molecule has 0 aliphatic carbocycles. The number of carbonyl (C=O) groups excluding carboxylic acids is 2. The molecule has 1 saturated heterocycles. The second-order valence-corrected chi connectivity index (χ2v) is 3.23. The van der Waals surface area contributed by atoms with Gasteiger partial charge in [-0.15, -0.1) is 0 Å². The summed E-state index contributed by atoms with van der Waals surface area (Å²) in [5, 5.41) is 2.66. The molecule has 1 heterocycles. The zero-order valence-corrected chi connectivity index (χ0v) is 8.01. The Morgan fingerprint density at radius 3 is 2.77 bits per heavy atom. The first-order valence-electron chi connectivity index (χ1n) is 4.84. The van der Waals surface area contributed by atoms with Crippen LogP contribution in [0.2, 0.25) is 0 Å². The van der Waals surface area contributed by atoms with Gasteiger partial charge in [-0.2, -0.15) is 0 Å². The summed E-state index contributed by atoms with van der Waals surface area (Å²) in [5.74, 6) is -0.0418. The molecule has 1 N–H and O–H groups in total. The molecule has 0 spiro atoms. The lowest BCUT2D eigenvalue weighted by molar-refractivity contribution is -0.129. The number of unbranched alkanes of at least 4 members (excludes halogenated alkanes) is 2. The van der Waals surface area contributed by atoms with Crippen molar-refractivity contribution in [2.24, 2.45) is 0 Å². The van der Waals surface area contributed by atoms with Crippen LogP contribution in [0.25, 0.3) is 0 Å². The molecule has 0 saturated carbocycles. The zero-order valence-electron chi connectivity index (χ0n) is 8.01. The van der Waals surface area contributed by atoms with Gasteiger partial charge in [-0.1, -0.05) is 19.8 Å². The molecule has 1 aliphatic rings. The molecule has 3 amide bonds. The van der Waals surface area contributed by atoms with Crippen molar-refractivity contribution < 1.29 is 9.59 Å². The SMILES string of the molecule is CCCCCN1C(=O)CCNC1=O. The van der Waals surface area contributed by atoms with E-state index in [-0.39, 0.29) is 11.9 Å². The minimum Gasteiger partial charge on any atom is -0.337 e. The lowest BCUT2D eigenvalue weighted by Crippen LogP contribution is -2.50. The van der Waals surface area contributed by atoms with Crippen LogP contribution in [0.5, 0.6) is 0 Å². The second kappa shape index (κ2) is 4.84. The average molecular weight is 184 g/mol. The summed E-state index contributed by atoms with van der Waals surface area (Å²) in [4.78, 5) is 23.8. The number of carbonyl (C=O) groups is 2. The minimum absolute atomic E-state index is 0.0418. The highest BCUT2D eigenvalue weighted by Crippen LogP contribution is 2.04. The predicted octanol–water partition coefficient (Wildman–Crippen LogP) is 1.12. The summed E-state index contributed by atoms with van der Waals surface area (Å²) in [7, 11) is 0. The number of hydrogen-bond donors (Lipinski definition) is 1. The van der Waals surface area contributed by atoms with Gasteiger partial charge in [0.2, 0.25) is 5.91 Å². The van der Waals surface area contributed by atoms with E-state index in [0.717, 1.165) is 19.3 Å². The summed E-state index contributed by atoms with van der Waals surface area (Å²) in [5.41, 5.74) is 0. The van der Waals surface area contributed by atoms with Crippen LogP contribution in [-0.4, -0.2) is 29.9 Å². The normalized spacial score (nSPS) is 17.5. The van der Waals surface area contributed by atoms with Crippen molar-refractivity contribution in [3.8, 4) is 0 Å². The molecule has 0 unspecified atom stereocenters. The maximum absolute atomic E-state index is 11.3. The number of nitrogens with zero attached hydrogens (tertiary/aromatic N) is 1. The van der Waals surface area contributed by atoms with E-state index in [2.05, 4.69) is 12.2 Å². The first kappa shape index (κ1) is 10.0. The smallest absolute Gasteiger partial charge is 0.324 e. The Kier molecular flexibility index (Phi) is 3.73. The van der Waals surface area contributed by atoms with E-state index in [1.165, 1.54) is 4.90 Å². The lowest BCUT2D eigenvalue weighted by Gasteiger charge is -2.25. The van der Waals surface area contributed by atoms with Crippen molar-refractivity contribution >= 4 is 11.9 Å². The maximum Gasteiger partial charge on any atom is 0.324 e. The molecule has 74 valence electrons. The highest BCUT2D eigenvalue weighted by atomic mass is 16.2. The average Bonchev–Trinajstić information content (AvgIpc) is 2.10. The van der Waals surface area contributed by atoms with Gasteiger partial charge in [-0.3, -0.25) is 9.69 Å². The number of rotatable bonds is 4. The molecule has 1 rings (SSSR count). The fourth-order valence-corrected chi connectivity index (χ4v) is 1.37. The molecule has 4 heteroatoms. The van der Waals surface area contributed by atoms with E-state index in [9.17, 15) is 9.59 Å². The number of hydrogen-bond acceptors (Lipinski definition) is 2. The molecule has 13 heavy (non-hydrogen) atoms. The van der Waals surface area contributed by atoms with Crippen LogP contribution >= 0.6 is 0 Å². The van der Waals surface area contributed by atoms with E-state index in [1.807, 2.05) is 0 Å². The first-order chi connectivity index (χ1) is 6.25. The van der Waals surface area contributed by atoms with Gasteiger partial charge in [0.05, 0.1) is 0 Å². The summed E-state index contributed by atoms with van der Waals surface area (Å²) in [6.07, 6.45) is 3.52. The van der Waals surface area contributed by atoms with Gasteiger partial charge >= 0.3 is 6.03 Å². The molecule has 1 aliphatic heterocycles. The van der Waals surface area contributed by atoms with Gasteiger partial charge in [0, 0.05) is 19.5 Å². The van der Waals surface area contributed by atoms with E-state index in [4.69, 9.17) is 0 Å². The van der Waals surface area contributed by atoms with Gasteiger partial charge in [0.25, 0.3) is 0 Å². The molecule has 0 atom stereocenters. The molecule has 0 aromatic rings. The van der Waals surface area contributed by atoms with Crippen LogP contribution in [0.1, 0.15) is 32.6 Å². The first-order valence-corrected chi connectivity index (χ1v) is 4.84. The van der Waals surface area contributed by atoms with Crippen molar-refractivity contribution in [3.63, 3.8) is 0 Å². The van der Waals surface area contributed by atoms with Crippen molar-refractivity contribution in [2.75, 3.05) is 13.1 Å². The van der Waals surface area contributed by atoms with Crippen molar-refractivity contribution in [1.29, 1.82) is 0 Å². The molecule has 0 bridgehead atoms. The van der Waals surface area contributed by atoms with Crippen LogP contribution in [0.15, 0.2) is 0 Å². The molecule has 4 nitrogen and oxygen atoms in total. The number of imide groups is 1. The van der Waals surface area contributed by atoms with Crippen molar-refractivity contribution in [2.45, 2.75) is 32.6 Å². The predicted molar refractivity (Wildman–Crippen MR) is 49.3 cm³/mol. The van der Waals surface area contributed by atoms with E-state index < -0.39 is 0 Å². The van der Waals surface area contributed by atoms with Crippen molar-refractivity contribution in [3.05, 3.63) is 0 Å². The van der Waals surface area contributed by atoms with Crippen LogP contribution in [0.3, 0.4) is 0 Å². The molecule has 1 fully saturated rings. The van der Waals surface area contributed by atoms with Crippen LogP contribution < -0.4 is 5.32 Å². The Hall–Kier alpha value is -1.06. The highest BCUT2D eigenvalue weighted by molar-refractivity contribution is 5.96. The minimum atomic E-state index is -0.229. The maximum atomic E-state index is 11.3. The van der Waals surface area contributed by atoms with E-state index in [1.54, 1.807) is 0 Å². The Morgan fingerprint density at radius 1 is 1.38 bits per heavy atom. The fourth-order valence-electron chi connectivity index (χ4n) is 1.37. The lowest BCUT2D eigenvalue weighted by atomic mass is 10.2. The fraction of sp³-hybridized carbons (Fsp3) is 0.778. The van der Waals surface area contributed by atoms with E-state index >= 15 is 0 Å². The summed E-state index contributed by atoms with van der Waals surface area (Å²) < 4.78 is 0. The molecule has 0 radical (unpaired) electrons. The Bertz CT molecular complexity index is 188. The Morgan fingerprint density at radius 2 is 2.15 bits per heavy atom. The third kappa shape index (κ3) is 2.72. The number of amides is 3.